The van der Waals surface area contributed by atoms with Crippen LogP contribution in [0.2, 0.25) is 0 Å². The Balaban J connectivity index is 0.00000176. The van der Waals surface area contributed by atoms with Crippen LogP contribution >= 0.6 is 12.4 Å². The Morgan fingerprint density at radius 2 is 1.95 bits per heavy atom. The van der Waals surface area contributed by atoms with Crippen molar-refractivity contribution >= 4 is 24.0 Å². The van der Waals surface area contributed by atoms with Crippen LogP contribution in [0, 0.1) is 17.6 Å². The van der Waals surface area contributed by atoms with Crippen LogP contribution < -0.4 is 10.6 Å². The number of rotatable bonds is 2. The van der Waals surface area contributed by atoms with Crippen molar-refractivity contribution in [1.29, 1.82) is 0 Å². The quantitative estimate of drug-likeness (QED) is 0.875. The van der Waals surface area contributed by atoms with E-state index in [4.69, 9.17) is 4.74 Å². The summed E-state index contributed by atoms with van der Waals surface area (Å²) in [5, 5.41) is 5.96. The largest absolute Gasteiger partial charge is 0.375 e. The number of anilines is 1. The van der Waals surface area contributed by atoms with Crippen LogP contribution in [0.3, 0.4) is 0 Å². The minimum atomic E-state index is -0.698. The summed E-state index contributed by atoms with van der Waals surface area (Å²) in [5.74, 6) is -1.75. The van der Waals surface area contributed by atoms with Crippen molar-refractivity contribution in [3.63, 3.8) is 0 Å². The maximum atomic E-state index is 13.1. The molecule has 1 amide bonds. The first-order valence-corrected chi connectivity index (χ1v) is 7.24. The fourth-order valence-electron chi connectivity index (χ4n) is 3.12. The number of hydrogen-bond donors (Lipinski definition) is 2. The summed E-state index contributed by atoms with van der Waals surface area (Å²) in [6, 6.07) is 3.21. The molecule has 0 radical (unpaired) electrons. The van der Waals surface area contributed by atoms with Gasteiger partial charge in [0.1, 0.15) is 11.6 Å². The summed E-state index contributed by atoms with van der Waals surface area (Å²) in [5.41, 5.74) is 0.160. The minimum Gasteiger partial charge on any atom is -0.375 e. The van der Waals surface area contributed by atoms with Gasteiger partial charge in [0.15, 0.2) is 0 Å². The van der Waals surface area contributed by atoms with Crippen molar-refractivity contribution in [3.05, 3.63) is 29.8 Å². The van der Waals surface area contributed by atoms with Crippen molar-refractivity contribution in [2.45, 2.75) is 31.4 Å². The molecule has 22 heavy (non-hydrogen) atoms. The van der Waals surface area contributed by atoms with Crippen LogP contribution in [0.4, 0.5) is 14.5 Å². The van der Waals surface area contributed by atoms with E-state index in [0.717, 1.165) is 37.6 Å². The van der Waals surface area contributed by atoms with Gasteiger partial charge in [-0.1, -0.05) is 0 Å². The number of carbonyl (C=O) groups excluding carboxylic acids is 1. The average molecular weight is 333 g/mol. The Kier molecular flexibility index (Phi) is 5.72. The maximum Gasteiger partial charge on any atom is 0.227 e. The van der Waals surface area contributed by atoms with Gasteiger partial charge in [-0.05, 0) is 31.4 Å². The lowest BCUT2D eigenvalue weighted by Gasteiger charge is -2.39. The molecule has 0 aromatic heterocycles. The predicted molar refractivity (Wildman–Crippen MR) is 81.1 cm³/mol. The number of amides is 1. The van der Waals surface area contributed by atoms with E-state index in [2.05, 4.69) is 10.6 Å². The third-order valence-corrected chi connectivity index (χ3v) is 4.13. The van der Waals surface area contributed by atoms with Gasteiger partial charge in [-0.3, -0.25) is 4.79 Å². The monoisotopic (exact) mass is 332 g/mol. The molecule has 7 heteroatoms. The van der Waals surface area contributed by atoms with E-state index in [9.17, 15) is 13.6 Å². The van der Waals surface area contributed by atoms with Gasteiger partial charge in [-0.15, -0.1) is 12.4 Å². The van der Waals surface area contributed by atoms with Crippen molar-refractivity contribution in [2.75, 3.05) is 18.5 Å². The minimum absolute atomic E-state index is 0. The second-order valence-corrected chi connectivity index (χ2v) is 5.63. The van der Waals surface area contributed by atoms with E-state index in [1.165, 1.54) is 0 Å². The van der Waals surface area contributed by atoms with Crippen molar-refractivity contribution in [3.8, 4) is 0 Å². The van der Waals surface area contributed by atoms with Crippen LogP contribution in [0.25, 0.3) is 0 Å². The van der Waals surface area contributed by atoms with E-state index < -0.39 is 11.6 Å². The van der Waals surface area contributed by atoms with E-state index in [0.29, 0.717) is 13.0 Å². The number of morpholine rings is 1. The van der Waals surface area contributed by atoms with Gasteiger partial charge in [0.05, 0.1) is 12.7 Å². The molecule has 1 heterocycles. The molecule has 1 aromatic rings. The standard InChI is InChI=1S/C15H18F2N2O2.ClH/c16-10-6-11(17)8-12(7-10)19-15(20)9-1-2-14-13(5-9)18-3-4-21-14;/h6-9,13-14,18H,1-5H2,(H,19,20);1H/t9-,13+,14+;/m0./s1. The normalized spacial score (nSPS) is 27.5. The lowest BCUT2D eigenvalue weighted by atomic mass is 9.82. The van der Waals surface area contributed by atoms with Gasteiger partial charge in [0.25, 0.3) is 0 Å². The molecule has 3 rings (SSSR count). The highest BCUT2D eigenvalue weighted by Crippen LogP contribution is 2.29. The number of halogens is 3. The highest BCUT2D eigenvalue weighted by molar-refractivity contribution is 5.92. The molecule has 1 saturated carbocycles. The summed E-state index contributed by atoms with van der Waals surface area (Å²) in [6.07, 6.45) is 2.42. The zero-order valence-electron chi connectivity index (χ0n) is 12.0. The SMILES string of the molecule is Cl.O=C(Nc1cc(F)cc(F)c1)[C@H]1CC[C@H]2OCCN[C@@H]2C1. The van der Waals surface area contributed by atoms with Gasteiger partial charge >= 0.3 is 0 Å². The van der Waals surface area contributed by atoms with Crippen LogP contribution in [0.15, 0.2) is 18.2 Å². The Bertz CT molecular complexity index is 524. The molecule has 0 spiro atoms. The topological polar surface area (TPSA) is 50.4 Å². The molecule has 1 aliphatic carbocycles. The number of nitrogens with one attached hydrogen (secondary N) is 2. The number of hydrogen-bond acceptors (Lipinski definition) is 3. The summed E-state index contributed by atoms with van der Waals surface area (Å²) in [4.78, 5) is 12.2. The number of fused-ring (bicyclic) bond motifs is 1. The lowest BCUT2D eigenvalue weighted by molar-refractivity contribution is -0.123. The van der Waals surface area contributed by atoms with E-state index >= 15 is 0 Å². The Hall–Kier alpha value is -1.24. The molecule has 4 nitrogen and oxygen atoms in total. The predicted octanol–water partition coefficient (Wildman–Crippen LogP) is 2.48. The first kappa shape index (κ1) is 17.1. The van der Waals surface area contributed by atoms with Crippen molar-refractivity contribution < 1.29 is 18.3 Å². The van der Waals surface area contributed by atoms with Gasteiger partial charge in [-0.25, -0.2) is 8.78 Å². The fraction of sp³-hybridized carbons (Fsp3) is 0.533. The highest BCUT2D eigenvalue weighted by Gasteiger charge is 2.35. The molecule has 122 valence electrons. The number of ether oxygens (including phenoxy) is 1. The Morgan fingerprint density at radius 1 is 1.23 bits per heavy atom. The zero-order valence-corrected chi connectivity index (χ0v) is 12.8. The maximum absolute atomic E-state index is 13.1. The van der Waals surface area contributed by atoms with Gasteiger partial charge in [0.2, 0.25) is 5.91 Å². The lowest BCUT2D eigenvalue weighted by Crippen LogP contribution is -2.52. The van der Waals surface area contributed by atoms with Crippen molar-refractivity contribution in [2.24, 2.45) is 5.92 Å². The molecule has 2 N–H and O–H groups in total. The molecule has 0 unspecified atom stereocenters. The third kappa shape index (κ3) is 3.94. The summed E-state index contributed by atoms with van der Waals surface area (Å²) in [7, 11) is 0. The third-order valence-electron chi connectivity index (χ3n) is 4.13. The molecule has 1 saturated heterocycles. The van der Waals surface area contributed by atoms with Gasteiger partial charge in [0, 0.05) is 30.3 Å². The molecule has 2 aliphatic rings. The Morgan fingerprint density at radius 3 is 2.68 bits per heavy atom. The molecule has 3 atom stereocenters. The molecular formula is C15H19ClF2N2O2. The highest BCUT2D eigenvalue weighted by atomic mass is 35.5. The molecule has 1 aliphatic heterocycles. The Labute approximate surface area is 134 Å². The zero-order chi connectivity index (χ0) is 14.8. The van der Waals surface area contributed by atoms with E-state index in [1.807, 2.05) is 0 Å². The molecular weight excluding hydrogens is 314 g/mol. The average Bonchev–Trinajstić information content (AvgIpc) is 2.45. The molecule has 2 fully saturated rings. The van der Waals surface area contributed by atoms with Crippen LogP contribution in [0.5, 0.6) is 0 Å². The van der Waals surface area contributed by atoms with Gasteiger partial charge in [-0.2, -0.15) is 0 Å². The fourth-order valence-corrected chi connectivity index (χ4v) is 3.12. The number of carbonyl (C=O) groups is 1. The van der Waals surface area contributed by atoms with Crippen LogP contribution in [0.1, 0.15) is 19.3 Å². The van der Waals surface area contributed by atoms with Crippen LogP contribution in [-0.2, 0) is 9.53 Å². The van der Waals surface area contributed by atoms with Crippen LogP contribution in [-0.4, -0.2) is 31.2 Å². The van der Waals surface area contributed by atoms with E-state index in [-0.39, 0.29) is 42.1 Å². The smallest absolute Gasteiger partial charge is 0.227 e. The summed E-state index contributed by atoms with van der Waals surface area (Å²) < 4.78 is 31.9. The van der Waals surface area contributed by atoms with Gasteiger partial charge < -0.3 is 15.4 Å². The van der Waals surface area contributed by atoms with E-state index in [1.54, 1.807) is 0 Å². The molecule has 0 bridgehead atoms. The summed E-state index contributed by atoms with van der Waals surface area (Å²) >= 11 is 0. The first-order valence-electron chi connectivity index (χ1n) is 7.24. The first-order chi connectivity index (χ1) is 10.1. The van der Waals surface area contributed by atoms with Crippen molar-refractivity contribution in [1.82, 2.24) is 5.32 Å². The second-order valence-electron chi connectivity index (χ2n) is 5.63. The summed E-state index contributed by atoms with van der Waals surface area (Å²) in [6.45, 7) is 1.51. The number of benzene rings is 1. The second kappa shape index (κ2) is 7.35. The molecule has 1 aromatic carbocycles.